The van der Waals surface area contributed by atoms with Crippen molar-refractivity contribution >= 4 is 0 Å². The maximum absolute atomic E-state index is 15.0. The molecule has 2 aliphatic carbocycles. The lowest BCUT2D eigenvalue weighted by molar-refractivity contribution is -0.276. The smallest absolute Gasteiger partial charge is 0.399 e. The van der Waals surface area contributed by atoms with Crippen LogP contribution in [0.4, 0.5) is 30.7 Å². The van der Waals surface area contributed by atoms with Gasteiger partial charge in [-0.3, -0.25) is 0 Å². The van der Waals surface area contributed by atoms with Crippen LogP contribution in [0.3, 0.4) is 0 Å². The van der Waals surface area contributed by atoms with Crippen molar-refractivity contribution in [3.63, 3.8) is 0 Å². The van der Waals surface area contributed by atoms with Gasteiger partial charge in [0.05, 0.1) is 0 Å². The van der Waals surface area contributed by atoms with Gasteiger partial charge in [0.2, 0.25) is 5.75 Å². The van der Waals surface area contributed by atoms with Crippen molar-refractivity contribution < 1.29 is 35.5 Å². The largest absolute Gasteiger partial charge is 0.573 e. The number of hydrogen-bond donors (Lipinski definition) is 0. The molecule has 1 atom stereocenters. The number of alkyl halides is 3. The average molecular weight is 474 g/mol. The average Bonchev–Trinajstić information content (AvgIpc) is 2.75. The van der Waals surface area contributed by atoms with Gasteiger partial charge in [-0.05, 0) is 97.6 Å². The Hall–Kier alpha value is -2.25. The highest BCUT2D eigenvalue weighted by Gasteiger charge is 2.37. The lowest BCUT2D eigenvalue weighted by atomic mass is 9.76. The van der Waals surface area contributed by atoms with Crippen LogP contribution < -0.4 is 4.74 Å². The Kier molecular flexibility index (Phi) is 6.65. The summed E-state index contributed by atoms with van der Waals surface area (Å²) in [5, 5.41) is 0. The maximum Gasteiger partial charge on any atom is 0.573 e. The standard InChI is InChI=1S/C25H25F7O/c1-2-13-3-5-14(6-4-13)16-10-19(26)22(20(27)11-16)15-7-8-18-17(9-15)12-21(28)24(23(18)29)33-25(30,31)32/h10-15H,2-9H2,1H3. The fraction of sp³-hybridized carbons (Fsp3) is 0.520. The molecular weight excluding hydrogens is 449 g/mol. The van der Waals surface area contributed by atoms with Crippen molar-refractivity contribution in [3.05, 3.63) is 63.7 Å². The van der Waals surface area contributed by atoms with Gasteiger partial charge in [-0.15, -0.1) is 13.2 Å². The summed E-state index contributed by atoms with van der Waals surface area (Å²) < 4.78 is 99.7. The Morgan fingerprint density at radius 2 is 1.48 bits per heavy atom. The molecule has 33 heavy (non-hydrogen) atoms. The SMILES string of the molecule is CCC1CCC(c2cc(F)c(C3CCc4c(cc(F)c(OC(F)(F)F)c4F)C3)c(F)c2)CC1. The van der Waals surface area contributed by atoms with Crippen LogP contribution in [0.25, 0.3) is 0 Å². The van der Waals surface area contributed by atoms with Gasteiger partial charge in [-0.25, -0.2) is 17.6 Å². The highest BCUT2D eigenvalue weighted by molar-refractivity contribution is 5.43. The fourth-order valence-electron chi connectivity index (χ4n) is 5.42. The predicted molar refractivity (Wildman–Crippen MR) is 109 cm³/mol. The molecular formula is C25H25F7O. The molecule has 4 rings (SSSR count). The lowest BCUT2D eigenvalue weighted by Crippen LogP contribution is -2.22. The van der Waals surface area contributed by atoms with E-state index in [0.29, 0.717) is 11.5 Å². The van der Waals surface area contributed by atoms with E-state index in [1.165, 1.54) is 12.1 Å². The van der Waals surface area contributed by atoms with E-state index in [4.69, 9.17) is 0 Å². The van der Waals surface area contributed by atoms with E-state index < -0.39 is 41.3 Å². The van der Waals surface area contributed by atoms with Crippen molar-refractivity contribution in [3.8, 4) is 5.75 Å². The van der Waals surface area contributed by atoms with Crippen molar-refractivity contribution in [1.29, 1.82) is 0 Å². The summed E-state index contributed by atoms with van der Waals surface area (Å²) in [6.45, 7) is 2.14. The predicted octanol–water partition coefficient (Wildman–Crippen LogP) is 8.10. The van der Waals surface area contributed by atoms with Crippen LogP contribution in [0.5, 0.6) is 5.75 Å². The molecule has 0 saturated heterocycles. The van der Waals surface area contributed by atoms with Crippen LogP contribution in [-0.2, 0) is 12.8 Å². The zero-order valence-corrected chi connectivity index (χ0v) is 18.2. The topological polar surface area (TPSA) is 9.23 Å². The molecule has 2 aliphatic rings. The van der Waals surface area contributed by atoms with E-state index in [1.54, 1.807) is 0 Å². The second-order valence-corrected chi connectivity index (χ2v) is 9.15. The minimum Gasteiger partial charge on any atom is -0.399 e. The third-order valence-corrected chi connectivity index (χ3v) is 7.20. The normalized spacial score (nSPS) is 23.3. The van der Waals surface area contributed by atoms with Crippen LogP contribution >= 0.6 is 0 Å². The molecule has 0 aliphatic heterocycles. The number of halogens is 7. The minimum absolute atomic E-state index is 0.0791. The fourth-order valence-corrected chi connectivity index (χ4v) is 5.42. The monoisotopic (exact) mass is 474 g/mol. The third-order valence-electron chi connectivity index (χ3n) is 7.20. The lowest BCUT2D eigenvalue weighted by Gasteiger charge is -2.30. The Labute approximate surface area is 187 Å². The minimum atomic E-state index is -5.24. The number of hydrogen-bond acceptors (Lipinski definition) is 1. The molecule has 180 valence electrons. The maximum atomic E-state index is 15.0. The summed E-state index contributed by atoms with van der Waals surface area (Å²) in [6, 6.07) is 3.50. The molecule has 0 spiro atoms. The van der Waals surface area contributed by atoms with Crippen LogP contribution in [0.1, 0.15) is 79.5 Å². The number of benzene rings is 2. The van der Waals surface area contributed by atoms with E-state index in [1.807, 2.05) is 0 Å². The van der Waals surface area contributed by atoms with Gasteiger partial charge in [0, 0.05) is 5.56 Å². The van der Waals surface area contributed by atoms with Crippen molar-refractivity contribution in [2.75, 3.05) is 0 Å². The zero-order chi connectivity index (χ0) is 23.9. The van der Waals surface area contributed by atoms with E-state index in [-0.39, 0.29) is 41.9 Å². The first kappa shape index (κ1) is 23.9. The Balaban J connectivity index is 1.57. The third kappa shape index (κ3) is 4.99. The Bertz CT molecular complexity index is 999. The molecule has 8 heteroatoms. The summed E-state index contributed by atoms with van der Waals surface area (Å²) in [7, 11) is 0. The van der Waals surface area contributed by atoms with Gasteiger partial charge < -0.3 is 4.74 Å². The van der Waals surface area contributed by atoms with E-state index in [9.17, 15) is 22.0 Å². The molecule has 2 aromatic carbocycles. The molecule has 0 aromatic heterocycles. The molecule has 0 radical (unpaired) electrons. The second kappa shape index (κ2) is 9.18. The van der Waals surface area contributed by atoms with E-state index >= 15 is 8.78 Å². The first-order valence-electron chi connectivity index (χ1n) is 11.3. The first-order chi connectivity index (χ1) is 15.6. The summed E-state index contributed by atoms with van der Waals surface area (Å²) in [4.78, 5) is 0. The number of rotatable bonds is 4. The summed E-state index contributed by atoms with van der Waals surface area (Å²) in [5.74, 6) is -5.70. The van der Waals surface area contributed by atoms with Gasteiger partial charge in [-0.2, -0.15) is 0 Å². The summed E-state index contributed by atoms with van der Waals surface area (Å²) in [5.41, 5.74) is 0.474. The van der Waals surface area contributed by atoms with Crippen molar-refractivity contribution in [1.82, 2.24) is 0 Å². The van der Waals surface area contributed by atoms with Crippen LogP contribution in [0.2, 0.25) is 0 Å². The summed E-state index contributed by atoms with van der Waals surface area (Å²) >= 11 is 0. The molecule has 0 heterocycles. The molecule has 0 amide bonds. The molecule has 1 saturated carbocycles. The van der Waals surface area contributed by atoms with Crippen molar-refractivity contribution in [2.45, 2.75) is 76.5 Å². The summed E-state index contributed by atoms with van der Waals surface area (Å²) in [6.07, 6.45) is -0.351. The van der Waals surface area contributed by atoms with Crippen LogP contribution in [0, 0.1) is 29.2 Å². The zero-order valence-electron chi connectivity index (χ0n) is 18.2. The molecule has 2 aromatic rings. The van der Waals surface area contributed by atoms with Gasteiger partial charge in [0.1, 0.15) is 11.6 Å². The van der Waals surface area contributed by atoms with Gasteiger partial charge >= 0.3 is 6.36 Å². The molecule has 1 fully saturated rings. The molecule has 0 N–H and O–H groups in total. The van der Waals surface area contributed by atoms with E-state index in [2.05, 4.69) is 11.7 Å². The molecule has 1 nitrogen and oxygen atoms in total. The Morgan fingerprint density at radius 3 is 2.06 bits per heavy atom. The van der Waals surface area contributed by atoms with Gasteiger partial charge in [0.25, 0.3) is 0 Å². The van der Waals surface area contributed by atoms with Crippen LogP contribution in [-0.4, -0.2) is 6.36 Å². The van der Waals surface area contributed by atoms with Gasteiger partial charge in [-0.1, -0.05) is 13.3 Å². The second-order valence-electron chi connectivity index (χ2n) is 9.15. The number of fused-ring (bicyclic) bond motifs is 1. The highest BCUT2D eigenvalue weighted by atomic mass is 19.4. The number of ether oxygens (including phenoxy) is 1. The van der Waals surface area contributed by atoms with Crippen LogP contribution in [0.15, 0.2) is 18.2 Å². The highest BCUT2D eigenvalue weighted by Crippen LogP contribution is 2.42. The molecule has 1 unspecified atom stereocenters. The first-order valence-corrected chi connectivity index (χ1v) is 11.3. The molecule has 0 bridgehead atoms. The quantitative estimate of drug-likeness (QED) is 0.407. The Morgan fingerprint density at radius 1 is 0.848 bits per heavy atom. The van der Waals surface area contributed by atoms with Crippen molar-refractivity contribution in [2.24, 2.45) is 5.92 Å². The van der Waals surface area contributed by atoms with E-state index in [0.717, 1.165) is 38.2 Å². The van der Waals surface area contributed by atoms with Gasteiger partial charge in [0.15, 0.2) is 11.6 Å².